The summed E-state index contributed by atoms with van der Waals surface area (Å²) in [4.78, 5) is 21.1. The zero-order valence-electron chi connectivity index (χ0n) is 20.8. The van der Waals surface area contributed by atoms with Gasteiger partial charge in [0.1, 0.15) is 5.01 Å². The zero-order valence-corrected chi connectivity index (χ0v) is 21.6. The van der Waals surface area contributed by atoms with Crippen LogP contribution >= 0.6 is 11.3 Å². The first kappa shape index (κ1) is 26.1. The van der Waals surface area contributed by atoms with Crippen LogP contribution in [-0.2, 0) is 17.7 Å². The van der Waals surface area contributed by atoms with E-state index < -0.39 is 5.54 Å². The third-order valence-electron chi connectivity index (χ3n) is 5.47. The average Bonchev–Trinajstić information content (AvgIpc) is 3.22. The number of benzene rings is 2. The van der Waals surface area contributed by atoms with Gasteiger partial charge in [-0.2, -0.15) is 0 Å². The molecule has 0 aliphatic carbocycles. The number of carbonyl (C=O) groups is 1. The number of ether oxygens (including phenoxy) is 1. The van der Waals surface area contributed by atoms with Gasteiger partial charge in [-0.05, 0) is 44.0 Å². The highest BCUT2D eigenvalue weighted by Gasteiger charge is 2.29. The predicted molar refractivity (Wildman–Crippen MR) is 142 cm³/mol. The Kier molecular flexibility index (Phi) is 8.03. The number of aryl methyl sites for hydroxylation is 1. The van der Waals surface area contributed by atoms with Gasteiger partial charge >= 0.3 is 0 Å². The van der Waals surface area contributed by atoms with Crippen LogP contribution in [0.4, 0.5) is 5.69 Å². The smallest absolute Gasteiger partial charge is 0.254 e. The van der Waals surface area contributed by atoms with Crippen molar-refractivity contribution in [3.05, 3.63) is 81.3 Å². The monoisotopic (exact) mass is 492 g/mol. The normalized spacial score (nSPS) is 12.5. The van der Waals surface area contributed by atoms with Crippen molar-refractivity contribution in [3.8, 4) is 0 Å². The van der Waals surface area contributed by atoms with Crippen LogP contribution in [0, 0.1) is 17.7 Å². The van der Waals surface area contributed by atoms with Crippen molar-refractivity contribution in [2.45, 2.75) is 32.4 Å². The zero-order chi connectivity index (χ0) is 25.8. The summed E-state index contributed by atoms with van der Waals surface area (Å²) >= 11 is 1.51. The van der Waals surface area contributed by atoms with E-state index in [1.807, 2.05) is 61.6 Å². The molecule has 8 nitrogen and oxygen atoms in total. The van der Waals surface area contributed by atoms with E-state index in [0.717, 1.165) is 22.0 Å². The topological polar surface area (TPSA) is 119 Å². The molecule has 1 heterocycles. The molecule has 1 atom stereocenters. The maximum absolute atomic E-state index is 13.2. The predicted octanol–water partition coefficient (Wildman–Crippen LogP) is 4.07. The molecule has 1 aromatic heterocycles. The summed E-state index contributed by atoms with van der Waals surface area (Å²) in [5.74, 6) is -0.653. The number of nitrogens with two attached hydrogens (primary N) is 1. The van der Waals surface area contributed by atoms with Gasteiger partial charge in [-0.3, -0.25) is 15.6 Å². The highest BCUT2D eigenvalue weighted by atomic mass is 32.1. The Bertz CT molecular complexity index is 1220. The average molecular weight is 493 g/mol. The van der Waals surface area contributed by atoms with Gasteiger partial charge in [0, 0.05) is 49.0 Å². The van der Waals surface area contributed by atoms with Gasteiger partial charge < -0.3 is 20.3 Å². The Labute approximate surface area is 210 Å². The number of carbonyl (C=O) groups excluding carboxylic acids is 1. The fraction of sp³-hybridized carbons (Fsp3) is 0.308. The second-order valence-electron chi connectivity index (χ2n) is 9.05. The number of hydrogen-bond acceptors (Lipinski definition) is 8. The lowest BCUT2D eigenvalue weighted by Crippen LogP contribution is -2.48. The molecule has 0 bridgehead atoms. The first-order chi connectivity index (χ1) is 16.5. The highest BCUT2D eigenvalue weighted by Crippen LogP contribution is 2.22. The summed E-state index contributed by atoms with van der Waals surface area (Å²) in [5, 5.41) is 19.7. The molecule has 0 saturated heterocycles. The highest BCUT2D eigenvalue weighted by molar-refractivity contribution is 7.09. The maximum atomic E-state index is 13.2. The van der Waals surface area contributed by atoms with Crippen molar-refractivity contribution < 1.29 is 9.53 Å². The summed E-state index contributed by atoms with van der Waals surface area (Å²) in [7, 11) is 5.44. The molecule has 0 radical (unpaired) electrons. The van der Waals surface area contributed by atoms with E-state index in [-0.39, 0.29) is 17.7 Å². The van der Waals surface area contributed by atoms with Gasteiger partial charge in [-0.25, -0.2) is 4.98 Å². The Morgan fingerprint density at radius 3 is 2.37 bits per heavy atom. The maximum Gasteiger partial charge on any atom is 0.254 e. The van der Waals surface area contributed by atoms with Crippen molar-refractivity contribution in [3.63, 3.8) is 0 Å². The summed E-state index contributed by atoms with van der Waals surface area (Å²) in [6, 6.07) is 14.8. The number of aromatic nitrogens is 1. The molecule has 1 unspecified atom stereocenters. The van der Waals surface area contributed by atoms with Gasteiger partial charge in [0.15, 0.2) is 0 Å². The second kappa shape index (κ2) is 10.8. The third kappa shape index (κ3) is 6.74. The van der Waals surface area contributed by atoms with Crippen LogP contribution in [0.15, 0.2) is 53.9 Å². The summed E-state index contributed by atoms with van der Waals surface area (Å²) in [5.41, 5.74) is 8.71. The van der Waals surface area contributed by atoms with Crippen molar-refractivity contribution in [1.29, 1.82) is 10.8 Å². The minimum absolute atomic E-state index is 0.196. The minimum atomic E-state index is -1.10. The van der Waals surface area contributed by atoms with Crippen molar-refractivity contribution >= 4 is 34.7 Å². The molecule has 35 heavy (non-hydrogen) atoms. The van der Waals surface area contributed by atoms with Crippen LogP contribution in [-0.4, -0.2) is 54.3 Å². The molecule has 4 N–H and O–H groups in total. The standard InChI is InChI=1S/C26H32N6O2S/c1-17-16-35-22(30-17)15-32(5)24(33)20-11-19(12-21(13-20)31(3)4)23(27)34-25(28)26(2,29)14-18-9-7-6-8-10-18/h6-13,16,27-28H,14-15,29H2,1-5H3. The fourth-order valence-corrected chi connectivity index (χ4v) is 4.30. The lowest BCUT2D eigenvalue weighted by Gasteiger charge is -2.25. The molecule has 0 aliphatic heterocycles. The van der Waals surface area contributed by atoms with Crippen molar-refractivity contribution in [1.82, 2.24) is 9.88 Å². The van der Waals surface area contributed by atoms with E-state index in [0.29, 0.717) is 24.1 Å². The lowest BCUT2D eigenvalue weighted by molar-refractivity contribution is 0.0785. The molecule has 0 aliphatic rings. The first-order valence-corrected chi connectivity index (χ1v) is 12.0. The molecule has 0 spiro atoms. The van der Waals surface area contributed by atoms with Crippen LogP contribution in [0.3, 0.4) is 0 Å². The molecule has 1 amide bonds. The van der Waals surface area contributed by atoms with Gasteiger partial charge in [0.2, 0.25) is 11.8 Å². The number of nitrogens with zero attached hydrogens (tertiary/aromatic N) is 3. The van der Waals surface area contributed by atoms with Crippen LogP contribution in [0.5, 0.6) is 0 Å². The molecule has 184 valence electrons. The van der Waals surface area contributed by atoms with E-state index in [2.05, 4.69) is 4.98 Å². The quantitative estimate of drug-likeness (QED) is 0.323. The molecule has 2 aromatic carbocycles. The Morgan fingerprint density at radius 2 is 1.77 bits per heavy atom. The molecular weight excluding hydrogens is 460 g/mol. The fourth-order valence-electron chi connectivity index (χ4n) is 3.47. The summed E-state index contributed by atoms with van der Waals surface area (Å²) < 4.78 is 5.59. The number of amides is 1. The molecule has 3 aromatic rings. The molecule has 9 heteroatoms. The van der Waals surface area contributed by atoms with Crippen LogP contribution in [0.25, 0.3) is 0 Å². The number of hydrogen-bond donors (Lipinski definition) is 3. The van der Waals surface area contributed by atoms with E-state index in [9.17, 15) is 4.79 Å². The third-order valence-corrected chi connectivity index (χ3v) is 6.42. The number of anilines is 1. The summed E-state index contributed by atoms with van der Waals surface area (Å²) in [6.45, 7) is 4.02. The van der Waals surface area contributed by atoms with Crippen molar-refractivity contribution in [2.75, 3.05) is 26.0 Å². The van der Waals surface area contributed by atoms with Crippen molar-refractivity contribution in [2.24, 2.45) is 5.73 Å². The van der Waals surface area contributed by atoms with E-state index in [1.54, 1.807) is 37.1 Å². The Morgan fingerprint density at radius 1 is 1.11 bits per heavy atom. The SMILES string of the molecule is Cc1csc(CN(C)C(=O)c2cc(C(=N)OC(=N)C(C)(N)Cc3ccccc3)cc(N(C)C)c2)n1. The van der Waals surface area contributed by atoms with Gasteiger partial charge in [0.25, 0.3) is 5.91 Å². The van der Waals surface area contributed by atoms with Crippen LogP contribution < -0.4 is 10.6 Å². The number of rotatable bonds is 8. The second-order valence-corrected chi connectivity index (χ2v) is 9.99. The molecule has 3 rings (SSSR count). The largest absolute Gasteiger partial charge is 0.423 e. The first-order valence-electron chi connectivity index (χ1n) is 11.1. The van der Waals surface area contributed by atoms with Crippen LogP contribution in [0.1, 0.15) is 39.1 Å². The minimum Gasteiger partial charge on any atom is -0.423 e. The Hall–Kier alpha value is -3.56. The number of thiazole rings is 1. The molecular formula is C26H32N6O2S. The van der Waals surface area contributed by atoms with Crippen LogP contribution in [0.2, 0.25) is 0 Å². The lowest BCUT2D eigenvalue weighted by atomic mass is 9.93. The summed E-state index contributed by atoms with van der Waals surface area (Å²) in [6.07, 6.45) is 0.391. The Balaban J connectivity index is 1.79. The van der Waals surface area contributed by atoms with Gasteiger partial charge in [-0.15, -0.1) is 11.3 Å². The van der Waals surface area contributed by atoms with Gasteiger partial charge in [0.05, 0.1) is 12.1 Å². The van der Waals surface area contributed by atoms with E-state index in [4.69, 9.17) is 21.3 Å². The van der Waals surface area contributed by atoms with Gasteiger partial charge in [-0.1, -0.05) is 30.3 Å². The molecule has 0 fully saturated rings. The van der Waals surface area contributed by atoms with E-state index in [1.165, 1.54) is 11.3 Å². The molecule has 0 saturated carbocycles. The van der Waals surface area contributed by atoms with E-state index >= 15 is 0 Å². The number of nitrogens with one attached hydrogen (secondary N) is 2.